The average molecular weight is 355 g/mol. The second-order valence-corrected chi connectivity index (χ2v) is 7.64. The van der Waals surface area contributed by atoms with Gasteiger partial charge in [-0.25, -0.2) is 9.97 Å². The zero-order valence-corrected chi connectivity index (χ0v) is 15.9. The number of hydrogen-bond acceptors (Lipinski definition) is 6. The molecule has 2 aliphatic heterocycles. The van der Waals surface area contributed by atoms with Crippen LogP contribution >= 0.6 is 0 Å². The lowest BCUT2D eigenvalue weighted by molar-refractivity contribution is 0.0517. The normalized spacial score (nSPS) is 19.8. The van der Waals surface area contributed by atoms with Crippen LogP contribution in [0.3, 0.4) is 0 Å². The highest BCUT2D eigenvalue weighted by Gasteiger charge is 2.22. The lowest BCUT2D eigenvalue weighted by Crippen LogP contribution is -2.48. The molecule has 3 heterocycles. The molecule has 2 fully saturated rings. The van der Waals surface area contributed by atoms with Crippen molar-refractivity contribution >= 4 is 22.4 Å². The van der Waals surface area contributed by atoms with Gasteiger partial charge in [-0.1, -0.05) is 0 Å². The third kappa shape index (κ3) is 3.76. The first-order valence-electron chi connectivity index (χ1n) is 9.68. The Morgan fingerprint density at radius 1 is 1.08 bits per heavy atom. The van der Waals surface area contributed by atoms with Crippen molar-refractivity contribution in [1.29, 1.82) is 0 Å². The van der Waals surface area contributed by atoms with Crippen LogP contribution in [-0.4, -0.2) is 74.9 Å². The van der Waals surface area contributed by atoms with Crippen LogP contribution in [0, 0.1) is 5.92 Å². The molecule has 6 nitrogen and oxygen atoms in total. The maximum Gasteiger partial charge on any atom is 0.139 e. The molecule has 4 rings (SSSR count). The van der Waals surface area contributed by atoms with Gasteiger partial charge in [0.25, 0.3) is 0 Å². The molecular weight excluding hydrogens is 326 g/mol. The van der Waals surface area contributed by atoms with Gasteiger partial charge in [0, 0.05) is 71.1 Å². The van der Waals surface area contributed by atoms with Gasteiger partial charge in [0.1, 0.15) is 12.1 Å². The molecule has 0 aliphatic carbocycles. The number of hydrogen-bond donors (Lipinski definition) is 0. The van der Waals surface area contributed by atoms with Gasteiger partial charge < -0.3 is 14.5 Å². The van der Waals surface area contributed by atoms with Gasteiger partial charge in [-0.3, -0.25) is 4.90 Å². The first-order chi connectivity index (χ1) is 12.7. The fourth-order valence-corrected chi connectivity index (χ4v) is 4.07. The molecule has 0 amide bonds. The summed E-state index contributed by atoms with van der Waals surface area (Å²) < 4.78 is 5.48. The van der Waals surface area contributed by atoms with Gasteiger partial charge in [-0.05, 0) is 37.0 Å². The van der Waals surface area contributed by atoms with Gasteiger partial charge in [0.2, 0.25) is 0 Å². The van der Waals surface area contributed by atoms with E-state index in [9.17, 15) is 0 Å². The van der Waals surface area contributed by atoms with Crippen molar-refractivity contribution < 1.29 is 4.74 Å². The zero-order chi connectivity index (χ0) is 17.9. The van der Waals surface area contributed by atoms with Gasteiger partial charge in [-0.15, -0.1) is 0 Å². The predicted octanol–water partition coefficient (Wildman–Crippen LogP) is 2.24. The van der Waals surface area contributed by atoms with Crippen molar-refractivity contribution in [1.82, 2.24) is 14.9 Å². The quantitative estimate of drug-likeness (QED) is 0.838. The van der Waals surface area contributed by atoms with E-state index in [1.165, 1.54) is 25.1 Å². The monoisotopic (exact) mass is 355 g/mol. The lowest BCUT2D eigenvalue weighted by Gasteiger charge is -2.38. The summed E-state index contributed by atoms with van der Waals surface area (Å²) in [5, 5.41) is 1.12. The van der Waals surface area contributed by atoms with E-state index in [1.54, 1.807) is 6.33 Å². The van der Waals surface area contributed by atoms with Gasteiger partial charge in [-0.2, -0.15) is 0 Å². The minimum atomic E-state index is 0.816. The van der Waals surface area contributed by atoms with Gasteiger partial charge >= 0.3 is 0 Å². The molecule has 140 valence electrons. The first kappa shape index (κ1) is 17.5. The van der Waals surface area contributed by atoms with E-state index in [4.69, 9.17) is 4.74 Å². The Balaban J connectivity index is 1.43. The number of rotatable bonds is 4. The Bertz CT molecular complexity index is 736. The van der Waals surface area contributed by atoms with Crippen LogP contribution < -0.4 is 9.80 Å². The minimum absolute atomic E-state index is 0.816. The highest BCUT2D eigenvalue weighted by molar-refractivity contribution is 5.91. The Hall–Kier alpha value is -1.92. The largest absolute Gasteiger partial charge is 0.381 e. The highest BCUT2D eigenvalue weighted by atomic mass is 16.5. The first-order valence-corrected chi connectivity index (χ1v) is 9.68. The fourth-order valence-electron chi connectivity index (χ4n) is 4.07. The number of ether oxygens (including phenoxy) is 1. The Morgan fingerprint density at radius 3 is 2.58 bits per heavy atom. The van der Waals surface area contributed by atoms with Gasteiger partial charge in [0.15, 0.2) is 0 Å². The molecule has 6 heteroatoms. The van der Waals surface area contributed by atoms with E-state index >= 15 is 0 Å². The maximum atomic E-state index is 5.48. The highest BCUT2D eigenvalue weighted by Crippen LogP contribution is 2.27. The SMILES string of the molecule is CN(C)c1ncnc2ccc(N3CCN(CC4CCOCC4)CC3)cc12. The fraction of sp³-hybridized carbons (Fsp3) is 0.600. The standard InChI is InChI=1S/C20H29N5O/c1-23(2)20-18-13-17(3-4-19(18)21-15-22-20)25-9-7-24(8-10-25)14-16-5-11-26-12-6-16/h3-4,13,15-16H,5-12,14H2,1-2H3. The summed E-state index contributed by atoms with van der Waals surface area (Å²) in [4.78, 5) is 16.0. The molecule has 0 spiro atoms. The molecule has 0 atom stereocenters. The maximum absolute atomic E-state index is 5.48. The molecule has 0 bridgehead atoms. The van der Waals surface area contributed by atoms with Crippen molar-refractivity contribution in [2.45, 2.75) is 12.8 Å². The third-order valence-electron chi connectivity index (χ3n) is 5.62. The molecule has 2 aromatic rings. The molecule has 0 N–H and O–H groups in total. The number of nitrogens with zero attached hydrogens (tertiary/aromatic N) is 5. The van der Waals surface area contributed by atoms with E-state index < -0.39 is 0 Å². The van der Waals surface area contributed by atoms with Crippen LogP contribution in [0.1, 0.15) is 12.8 Å². The third-order valence-corrected chi connectivity index (χ3v) is 5.62. The van der Waals surface area contributed by atoms with E-state index in [-0.39, 0.29) is 0 Å². The Kier molecular flexibility index (Phi) is 5.22. The van der Waals surface area contributed by atoms with Crippen molar-refractivity contribution in [2.75, 3.05) is 69.8 Å². The molecule has 1 aromatic heterocycles. The summed E-state index contributed by atoms with van der Waals surface area (Å²) in [6.07, 6.45) is 4.09. The summed E-state index contributed by atoms with van der Waals surface area (Å²) in [6, 6.07) is 6.56. The summed E-state index contributed by atoms with van der Waals surface area (Å²) in [6.45, 7) is 7.56. The van der Waals surface area contributed by atoms with Crippen molar-refractivity contribution in [3.8, 4) is 0 Å². The molecular formula is C20H29N5O. The Labute approximate surface area is 155 Å². The van der Waals surface area contributed by atoms with Crippen LogP contribution in [0.4, 0.5) is 11.5 Å². The molecule has 1 aromatic carbocycles. The zero-order valence-electron chi connectivity index (χ0n) is 15.9. The number of piperazine rings is 1. The molecule has 0 radical (unpaired) electrons. The summed E-state index contributed by atoms with van der Waals surface area (Å²) in [5.74, 6) is 1.80. The van der Waals surface area contributed by atoms with Crippen LogP contribution in [0.15, 0.2) is 24.5 Å². The van der Waals surface area contributed by atoms with E-state index in [1.807, 2.05) is 14.1 Å². The Morgan fingerprint density at radius 2 is 1.85 bits per heavy atom. The number of benzene rings is 1. The number of anilines is 2. The minimum Gasteiger partial charge on any atom is -0.381 e. The number of fused-ring (bicyclic) bond motifs is 1. The smallest absolute Gasteiger partial charge is 0.139 e. The van der Waals surface area contributed by atoms with Crippen molar-refractivity contribution in [2.24, 2.45) is 5.92 Å². The molecule has 2 saturated heterocycles. The molecule has 2 aliphatic rings. The second kappa shape index (κ2) is 7.76. The van der Waals surface area contributed by atoms with E-state index in [2.05, 4.69) is 42.9 Å². The average Bonchev–Trinajstić information content (AvgIpc) is 2.68. The van der Waals surface area contributed by atoms with E-state index in [0.29, 0.717) is 0 Å². The molecule has 0 saturated carbocycles. The topological polar surface area (TPSA) is 44.7 Å². The summed E-state index contributed by atoms with van der Waals surface area (Å²) >= 11 is 0. The number of aromatic nitrogens is 2. The lowest BCUT2D eigenvalue weighted by atomic mass is 9.99. The molecule has 0 unspecified atom stereocenters. The van der Waals surface area contributed by atoms with Crippen molar-refractivity contribution in [3.63, 3.8) is 0 Å². The predicted molar refractivity (Wildman–Crippen MR) is 106 cm³/mol. The van der Waals surface area contributed by atoms with Crippen LogP contribution in [0.2, 0.25) is 0 Å². The van der Waals surface area contributed by atoms with Crippen LogP contribution in [0.5, 0.6) is 0 Å². The van der Waals surface area contributed by atoms with Gasteiger partial charge in [0.05, 0.1) is 5.52 Å². The van der Waals surface area contributed by atoms with E-state index in [0.717, 1.165) is 62.0 Å². The van der Waals surface area contributed by atoms with Crippen molar-refractivity contribution in [3.05, 3.63) is 24.5 Å². The summed E-state index contributed by atoms with van der Waals surface area (Å²) in [7, 11) is 4.06. The van der Waals surface area contributed by atoms with Crippen LogP contribution in [0.25, 0.3) is 10.9 Å². The van der Waals surface area contributed by atoms with Crippen LogP contribution in [-0.2, 0) is 4.74 Å². The second-order valence-electron chi connectivity index (χ2n) is 7.64. The summed E-state index contributed by atoms with van der Waals surface area (Å²) in [5.41, 5.74) is 2.28. The molecule has 26 heavy (non-hydrogen) atoms.